The summed E-state index contributed by atoms with van der Waals surface area (Å²) in [5.74, 6) is 0.751. The molecule has 1 N–H and O–H groups in total. The third kappa shape index (κ3) is 3.68. The molecular weight excluding hydrogens is 405 g/mol. The van der Waals surface area contributed by atoms with Crippen LogP contribution >= 0.6 is 43.5 Å². The van der Waals surface area contributed by atoms with E-state index in [1.54, 1.807) is 7.11 Å². The van der Waals surface area contributed by atoms with Crippen molar-refractivity contribution in [1.82, 2.24) is 0 Å². The zero-order valence-electron chi connectivity index (χ0n) is 11.1. The molecule has 0 unspecified atom stereocenters. The van der Waals surface area contributed by atoms with E-state index in [0.29, 0.717) is 11.6 Å². The predicted molar refractivity (Wildman–Crippen MR) is 91.9 cm³/mol. The van der Waals surface area contributed by atoms with Gasteiger partial charge in [-0.05, 0) is 52.2 Å². The molecule has 0 amide bonds. The fourth-order valence-corrected chi connectivity index (χ4v) is 3.24. The molecule has 0 aliphatic rings. The van der Waals surface area contributed by atoms with E-state index in [9.17, 15) is 0 Å². The van der Waals surface area contributed by atoms with Gasteiger partial charge in [-0.3, -0.25) is 0 Å². The van der Waals surface area contributed by atoms with E-state index in [2.05, 4.69) is 62.3 Å². The van der Waals surface area contributed by atoms with Crippen molar-refractivity contribution in [3.05, 3.63) is 55.4 Å². The topological polar surface area (TPSA) is 21.3 Å². The number of aryl methyl sites for hydroxylation is 1. The van der Waals surface area contributed by atoms with Gasteiger partial charge in [0.15, 0.2) is 5.75 Å². The van der Waals surface area contributed by atoms with E-state index in [0.717, 1.165) is 20.4 Å². The molecule has 0 radical (unpaired) electrons. The van der Waals surface area contributed by atoms with E-state index in [-0.39, 0.29) is 0 Å². The molecule has 0 bridgehead atoms. The molecule has 0 aliphatic heterocycles. The molecule has 106 valence electrons. The highest BCUT2D eigenvalue weighted by molar-refractivity contribution is 9.10. The first-order chi connectivity index (χ1) is 9.51. The molecule has 5 heteroatoms. The second-order valence-corrected chi connectivity index (χ2v) is 6.55. The van der Waals surface area contributed by atoms with E-state index in [1.807, 2.05) is 12.1 Å². The van der Waals surface area contributed by atoms with Crippen molar-refractivity contribution in [2.75, 3.05) is 12.4 Å². The van der Waals surface area contributed by atoms with Crippen molar-refractivity contribution >= 4 is 49.1 Å². The number of nitrogens with one attached hydrogen (secondary N) is 1. The lowest BCUT2D eigenvalue weighted by Gasteiger charge is -2.14. The average Bonchev–Trinajstić information content (AvgIpc) is 2.39. The van der Waals surface area contributed by atoms with Crippen LogP contribution in [-0.4, -0.2) is 7.11 Å². The molecule has 0 spiro atoms. The van der Waals surface area contributed by atoms with Crippen LogP contribution in [0.3, 0.4) is 0 Å². The standard InChI is InChI=1S/C15H14Br2ClNO/c1-9-3-4-10(5-12(9)16)8-19-14-7-11(18)6-13(17)15(14)20-2/h3-7,19H,8H2,1-2H3. The van der Waals surface area contributed by atoms with Crippen molar-refractivity contribution in [3.63, 3.8) is 0 Å². The van der Waals surface area contributed by atoms with Gasteiger partial charge in [0.2, 0.25) is 0 Å². The molecule has 2 aromatic rings. The third-order valence-corrected chi connectivity index (χ3v) is 4.59. The Labute approximate surface area is 140 Å². The molecule has 0 fully saturated rings. The van der Waals surface area contributed by atoms with Gasteiger partial charge in [-0.15, -0.1) is 0 Å². The van der Waals surface area contributed by atoms with Crippen LogP contribution in [-0.2, 0) is 6.54 Å². The Hall–Kier alpha value is -0.710. The highest BCUT2D eigenvalue weighted by Crippen LogP contribution is 2.36. The Morgan fingerprint density at radius 2 is 1.90 bits per heavy atom. The normalized spacial score (nSPS) is 10.4. The number of benzene rings is 2. The largest absolute Gasteiger partial charge is 0.493 e. The van der Waals surface area contributed by atoms with Crippen LogP contribution in [0.15, 0.2) is 39.3 Å². The van der Waals surface area contributed by atoms with Crippen molar-refractivity contribution < 1.29 is 4.74 Å². The summed E-state index contributed by atoms with van der Waals surface area (Å²) in [6.45, 7) is 2.76. The minimum Gasteiger partial charge on any atom is -0.493 e. The van der Waals surface area contributed by atoms with Crippen LogP contribution in [0, 0.1) is 6.92 Å². The Morgan fingerprint density at radius 3 is 2.55 bits per heavy atom. The lowest BCUT2D eigenvalue weighted by Crippen LogP contribution is -2.02. The number of halogens is 3. The number of ether oxygens (including phenoxy) is 1. The molecule has 2 rings (SSSR count). The van der Waals surface area contributed by atoms with Gasteiger partial charge in [-0.2, -0.15) is 0 Å². The maximum absolute atomic E-state index is 6.07. The molecule has 2 nitrogen and oxygen atoms in total. The first kappa shape index (κ1) is 15.7. The summed E-state index contributed by atoms with van der Waals surface area (Å²) in [5, 5.41) is 4.01. The van der Waals surface area contributed by atoms with Gasteiger partial charge >= 0.3 is 0 Å². The fourth-order valence-electron chi connectivity index (χ4n) is 1.84. The SMILES string of the molecule is COc1c(Br)cc(Cl)cc1NCc1ccc(C)c(Br)c1. The zero-order valence-corrected chi connectivity index (χ0v) is 15.1. The number of hydrogen-bond donors (Lipinski definition) is 1. The first-order valence-corrected chi connectivity index (χ1v) is 7.99. The molecule has 0 heterocycles. The zero-order chi connectivity index (χ0) is 14.7. The molecule has 0 saturated heterocycles. The van der Waals surface area contributed by atoms with Crippen LogP contribution < -0.4 is 10.1 Å². The summed E-state index contributed by atoms with van der Waals surface area (Å²) in [6, 6.07) is 9.96. The lowest BCUT2D eigenvalue weighted by atomic mass is 10.1. The second-order valence-electron chi connectivity index (χ2n) is 4.41. The molecule has 0 saturated carbocycles. The fraction of sp³-hybridized carbons (Fsp3) is 0.200. The van der Waals surface area contributed by atoms with Crippen molar-refractivity contribution in [2.24, 2.45) is 0 Å². The summed E-state index contributed by atoms with van der Waals surface area (Å²) in [4.78, 5) is 0. The van der Waals surface area contributed by atoms with Crippen molar-refractivity contribution in [1.29, 1.82) is 0 Å². The van der Waals surface area contributed by atoms with Gasteiger partial charge in [0.1, 0.15) is 0 Å². The molecular formula is C15H14Br2ClNO. The Balaban J connectivity index is 2.20. The Morgan fingerprint density at radius 1 is 1.15 bits per heavy atom. The molecule has 0 aromatic heterocycles. The van der Waals surface area contributed by atoms with Crippen LogP contribution in [0.1, 0.15) is 11.1 Å². The van der Waals surface area contributed by atoms with Gasteiger partial charge in [-0.25, -0.2) is 0 Å². The Bertz CT molecular complexity index is 632. The van der Waals surface area contributed by atoms with Crippen LogP contribution in [0.5, 0.6) is 5.75 Å². The van der Waals surface area contributed by atoms with Gasteiger partial charge < -0.3 is 10.1 Å². The summed E-state index contributed by atoms with van der Waals surface area (Å²) in [6.07, 6.45) is 0. The molecule has 0 atom stereocenters. The van der Waals surface area contributed by atoms with Gasteiger partial charge in [0, 0.05) is 16.0 Å². The van der Waals surface area contributed by atoms with Gasteiger partial charge in [-0.1, -0.05) is 39.7 Å². The summed E-state index contributed by atoms with van der Waals surface area (Å²) >= 11 is 13.1. The smallest absolute Gasteiger partial charge is 0.156 e. The van der Waals surface area contributed by atoms with Gasteiger partial charge in [0.25, 0.3) is 0 Å². The maximum atomic E-state index is 6.07. The van der Waals surface area contributed by atoms with E-state index < -0.39 is 0 Å². The van der Waals surface area contributed by atoms with Crippen LogP contribution in [0.4, 0.5) is 5.69 Å². The van der Waals surface area contributed by atoms with Crippen LogP contribution in [0.25, 0.3) is 0 Å². The average molecular weight is 420 g/mol. The summed E-state index contributed by atoms with van der Waals surface area (Å²) in [5.41, 5.74) is 3.26. The second kappa shape index (κ2) is 6.83. The minimum absolute atomic E-state index is 0.658. The molecule has 0 aliphatic carbocycles. The lowest BCUT2D eigenvalue weighted by molar-refractivity contribution is 0.414. The monoisotopic (exact) mass is 417 g/mol. The number of rotatable bonds is 4. The third-order valence-electron chi connectivity index (χ3n) is 2.93. The Kier molecular flexibility index (Phi) is 5.35. The number of anilines is 1. The molecule has 2 aromatic carbocycles. The number of hydrogen-bond acceptors (Lipinski definition) is 2. The molecule has 20 heavy (non-hydrogen) atoms. The van der Waals surface area contributed by atoms with Crippen molar-refractivity contribution in [2.45, 2.75) is 13.5 Å². The quantitative estimate of drug-likeness (QED) is 0.677. The summed E-state index contributed by atoms with van der Waals surface area (Å²) in [7, 11) is 1.64. The van der Waals surface area contributed by atoms with E-state index in [4.69, 9.17) is 16.3 Å². The first-order valence-electron chi connectivity index (χ1n) is 6.03. The number of methoxy groups -OCH3 is 1. The summed E-state index contributed by atoms with van der Waals surface area (Å²) < 4.78 is 7.33. The van der Waals surface area contributed by atoms with Gasteiger partial charge in [0.05, 0.1) is 17.3 Å². The minimum atomic E-state index is 0.658. The maximum Gasteiger partial charge on any atom is 0.156 e. The highest BCUT2D eigenvalue weighted by Gasteiger charge is 2.09. The van der Waals surface area contributed by atoms with Crippen molar-refractivity contribution in [3.8, 4) is 5.75 Å². The predicted octanol–water partition coefficient (Wildman–Crippen LogP) is 5.79. The van der Waals surface area contributed by atoms with E-state index >= 15 is 0 Å². The highest BCUT2D eigenvalue weighted by atomic mass is 79.9. The van der Waals surface area contributed by atoms with Crippen LogP contribution in [0.2, 0.25) is 5.02 Å². The van der Waals surface area contributed by atoms with E-state index in [1.165, 1.54) is 11.1 Å².